The number of nitrogens with zero attached hydrogens (tertiary/aromatic N) is 4. The van der Waals surface area contributed by atoms with Crippen molar-refractivity contribution in [1.29, 1.82) is 0 Å². The Hall–Kier alpha value is -3.71. The van der Waals surface area contributed by atoms with Crippen LogP contribution < -0.4 is 5.32 Å². The Morgan fingerprint density at radius 3 is 2.68 bits per heavy atom. The van der Waals surface area contributed by atoms with E-state index in [0.29, 0.717) is 11.6 Å². The van der Waals surface area contributed by atoms with Crippen LogP contribution in [0.3, 0.4) is 0 Å². The van der Waals surface area contributed by atoms with E-state index >= 15 is 0 Å². The Morgan fingerprint density at radius 2 is 1.91 bits per heavy atom. The fraction of sp³-hybridized carbons (Fsp3) is 0.231. The van der Waals surface area contributed by atoms with Gasteiger partial charge in [0.1, 0.15) is 5.71 Å². The minimum atomic E-state index is -0.534. The summed E-state index contributed by atoms with van der Waals surface area (Å²) in [5.41, 5.74) is 2.45. The van der Waals surface area contributed by atoms with Crippen LogP contribution in [0, 0.1) is 0 Å². The lowest BCUT2D eigenvalue weighted by Crippen LogP contribution is -2.34. The second kappa shape index (κ2) is 10.9. The number of rotatable bonds is 9. The fourth-order valence-electron chi connectivity index (χ4n) is 3.88. The quantitative estimate of drug-likeness (QED) is 0.285. The Kier molecular flexibility index (Phi) is 7.54. The molecule has 4 rings (SSSR count). The lowest BCUT2D eigenvalue weighted by atomic mass is 10.1. The van der Waals surface area contributed by atoms with Crippen LogP contribution >= 0.6 is 11.6 Å². The van der Waals surface area contributed by atoms with Gasteiger partial charge in [0.15, 0.2) is 0 Å². The minimum Gasteiger partial charge on any atom is -0.351 e. The summed E-state index contributed by atoms with van der Waals surface area (Å²) < 4.78 is 4.07. The number of aliphatic imine (C=N–C) groups is 1. The van der Waals surface area contributed by atoms with Crippen LogP contribution in [-0.2, 0) is 24.3 Å². The number of carbonyl (C=O) groups excluding carboxylic acids is 2. The number of hydrogen-bond acceptors (Lipinski definition) is 3. The van der Waals surface area contributed by atoms with Crippen molar-refractivity contribution in [1.82, 2.24) is 19.4 Å². The van der Waals surface area contributed by atoms with Crippen molar-refractivity contribution in [2.45, 2.75) is 32.9 Å². The van der Waals surface area contributed by atoms with Gasteiger partial charge in [-0.2, -0.15) is 0 Å². The third-order valence-corrected chi connectivity index (χ3v) is 5.94. The first kappa shape index (κ1) is 23.4. The number of benzene rings is 2. The van der Waals surface area contributed by atoms with Crippen molar-refractivity contribution in [3.63, 3.8) is 0 Å². The van der Waals surface area contributed by atoms with Crippen molar-refractivity contribution in [3.8, 4) is 0 Å². The first-order chi connectivity index (χ1) is 16.6. The maximum atomic E-state index is 13.1. The number of aryl methyl sites for hydroxylation is 2. The highest BCUT2D eigenvalue weighted by molar-refractivity contribution is 6.42. The van der Waals surface area contributed by atoms with Crippen LogP contribution in [0.1, 0.15) is 29.3 Å². The summed E-state index contributed by atoms with van der Waals surface area (Å²) >= 11 is 6.19. The molecule has 0 saturated heterocycles. The number of carbonyl (C=O) groups is 2. The van der Waals surface area contributed by atoms with Crippen LogP contribution in [0.25, 0.3) is 10.9 Å². The smallest absolute Gasteiger partial charge is 0.278 e. The molecule has 174 valence electrons. The van der Waals surface area contributed by atoms with Crippen LogP contribution in [0.2, 0.25) is 5.02 Å². The molecular weight excluding hydrogens is 450 g/mol. The zero-order chi connectivity index (χ0) is 23.9. The molecule has 0 aliphatic heterocycles. The standard InChI is InChI=1S/C26H26ClN5O2/c1-2-32-17-19(20-8-4-6-11-24(20)32)16-23(30-25(33)21-9-3-5-10-22(21)27)26(34)29-12-7-14-31-15-13-28-18-31/h3-6,8-11,13,15,17-18H,2,7,12,14,16H2,1H3,(H,29,34). The molecule has 0 fully saturated rings. The number of imidazole rings is 1. The first-order valence-electron chi connectivity index (χ1n) is 11.2. The average Bonchev–Trinajstić information content (AvgIpc) is 3.49. The molecule has 0 unspecified atom stereocenters. The maximum Gasteiger partial charge on any atom is 0.278 e. The summed E-state index contributed by atoms with van der Waals surface area (Å²) in [5, 5.41) is 4.25. The molecule has 4 aromatic rings. The summed E-state index contributed by atoms with van der Waals surface area (Å²) in [5.74, 6) is -0.896. The molecule has 2 aromatic heterocycles. The topological polar surface area (TPSA) is 81.3 Å². The van der Waals surface area contributed by atoms with E-state index in [0.717, 1.165) is 36.0 Å². The molecular formula is C26H26ClN5O2. The van der Waals surface area contributed by atoms with Gasteiger partial charge in [-0.05, 0) is 37.1 Å². The third kappa shape index (κ3) is 5.43. The number of fused-ring (bicyclic) bond motifs is 1. The monoisotopic (exact) mass is 475 g/mol. The number of hydrogen-bond donors (Lipinski definition) is 1. The summed E-state index contributed by atoms with van der Waals surface area (Å²) in [7, 11) is 0. The molecule has 1 N–H and O–H groups in total. The Bertz CT molecular complexity index is 1320. The van der Waals surface area contributed by atoms with Gasteiger partial charge in [0.2, 0.25) is 0 Å². The van der Waals surface area contributed by atoms with Gasteiger partial charge in [-0.15, -0.1) is 0 Å². The van der Waals surface area contributed by atoms with Crippen molar-refractivity contribution in [2.75, 3.05) is 6.54 Å². The molecule has 0 aliphatic carbocycles. The van der Waals surface area contributed by atoms with Gasteiger partial charge in [0.05, 0.1) is 16.9 Å². The van der Waals surface area contributed by atoms with E-state index < -0.39 is 5.91 Å². The van der Waals surface area contributed by atoms with Gasteiger partial charge in [0.25, 0.3) is 11.8 Å². The van der Waals surface area contributed by atoms with E-state index in [1.807, 2.05) is 41.2 Å². The molecule has 2 amide bonds. The van der Waals surface area contributed by atoms with Crippen molar-refractivity contribution >= 4 is 40.0 Å². The highest BCUT2D eigenvalue weighted by Crippen LogP contribution is 2.23. The average molecular weight is 476 g/mol. The van der Waals surface area contributed by atoms with Crippen LogP contribution in [0.15, 0.2) is 78.4 Å². The molecule has 0 saturated carbocycles. The Labute approximate surface area is 203 Å². The molecule has 0 bridgehead atoms. The molecule has 7 nitrogen and oxygen atoms in total. The van der Waals surface area contributed by atoms with E-state index in [4.69, 9.17) is 11.6 Å². The largest absolute Gasteiger partial charge is 0.351 e. The van der Waals surface area contributed by atoms with E-state index in [-0.39, 0.29) is 23.6 Å². The van der Waals surface area contributed by atoms with Crippen molar-refractivity contribution < 1.29 is 9.59 Å². The SMILES string of the molecule is CCn1cc(CC(=NC(=O)c2ccccc2Cl)C(=O)NCCCn2ccnc2)c2ccccc21. The highest BCUT2D eigenvalue weighted by atomic mass is 35.5. The van der Waals surface area contributed by atoms with Gasteiger partial charge in [0, 0.05) is 55.5 Å². The van der Waals surface area contributed by atoms with Gasteiger partial charge < -0.3 is 14.5 Å². The van der Waals surface area contributed by atoms with Crippen LogP contribution in [0.5, 0.6) is 0 Å². The third-order valence-electron chi connectivity index (χ3n) is 5.61. The molecule has 2 aromatic carbocycles. The lowest BCUT2D eigenvalue weighted by Gasteiger charge is -2.09. The maximum absolute atomic E-state index is 13.1. The molecule has 0 atom stereocenters. The second-order valence-corrected chi connectivity index (χ2v) is 8.29. The van der Waals surface area contributed by atoms with E-state index in [1.165, 1.54) is 0 Å². The number of aromatic nitrogens is 3. The summed E-state index contributed by atoms with van der Waals surface area (Å²) in [6.07, 6.45) is 8.31. The van der Waals surface area contributed by atoms with E-state index in [9.17, 15) is 9.59 Å². The fourth-order valence-corrected chi connectivity index (χ4v) is 4.09. The normalized spacial score (nSPS) is 11.6. The minimum absolute atomic E-state index is 0.159. The van der Waals surface area contributed by atoms with Gasteiger partial charge in [-0.1, -0.05) is 41.9 Å². The summed E-state index contributed by atoms with van der Waals surface area (Å²) in [4.78, 5) is 34.3. The van der Waals surface area contributed by atoms with Gasteiger partial charge in [-0.3, -0.25) is 9.59 Å². The second-order valence-electron chi connectivity index (χ2n) is 7.89. The van der Waals surface area contributed by atoms with Gasteiger partial charge in [-0.25, -0.2) is 9.98 Å². The summed E-state index contributed by atoms with van der Waals surface area (Å²) in [6.45, 7) is 4.05. The number of nitrogens with one attached hydrogen (secondary N) is 1. The van der Waals surface area contributed by atoms with Crippen molar-refractivity contribution in [2.24, 2.45) is 4.99 Å². The van der Waals surface area contributed by atoms with E-state index in [1.54, 1.807) is 36.8 Å². The number of halogens is 1. The Morgan fingerprint density at radius 1 is 1.12 bits per heavy atom. The number of amides is 2. The zero-order valence-electron chi connectivity index (χ0n) is 18.9. The molecule has 0 spiro atoms. The molecule has 0 aliphatic rings. The molecule has 34 heavy (non-hydrogen) atoms. The molecule has 0 radical (unpaired) electrons. The first-order valence-corrected chi connectivity index (χ1v) is 11.6. The van der Waals surface area contributed by atoms with Crippen LogP contribution in [-0.4, -0.2) is 38.2 Å². The van der Waals surface area contributed by atoms with Crippen LogP contribution in [0.4, 0.5) is 0 Å². The van der Waals surface area contributed by atoms with Crippen molar-refractivity contribution in [3.05, 3.63) is 89.6 Å². The zero-order valence-corrected chi connectivity index (χ0v) is 19.7. The molecule has 2 heterocycles. The Balaban J connectivity index is 1.58. The van der Waals surface area contributed by atoms with Gasteiger partial charge >= 0.3 is 0 Å². The predicted molar refractivity (Wildman–Crippen MR) is 134 cm³/mol. The number of para-hydroxylation sites is 1. The predicted octanol–water partition coefficient (Wildman–Crippen LogP) is 4.54. The lowest BCUT2D eigenvalue weighted by molar-refractivity contribution is -0.114. The summed E-state index contributed by atoms with van der Waals surface area (Å²) in [6, 6.07) is 14.7. The molecule has 8 heteroatoms. The van der Waals surface area contributed by atoms with E-state index in [2.05, 4.69) is 26.8 Å². The highest BCUT2D eigenvalue weighted by Gasteiger charge is 2.19.